The largest absolute Gasteiger partial charge is 0.384 e. The van der Waals surface area contributed by atoms with Gasteiger partial charge in [0.15, 0.2) is 0 Å². The van der Waals surface area contributed by atoms with Crippen molar-refractivity contribution < 1.29 is 5.11 Å². The van der Waals surface area contributed by atoms with Crippen LogP contribution in [-0.2, 0) is 18.6 Å². The summed E-state index contributed by atoms with van der Waals surface area (Å²) in [7, 11) is 0. The highest BCUT2D eigenvalue weighted by Crippen LogP contribution is 2.28. The third kappa shape index (κ3) is 3.37. The molecule has 0 amide bonds. The Morgan fingerprint density at radius 3 is 2.86 bits per heavy atom. The smallest absolute Gasteiger partial charge is 0.102 e. The lowest BCUT2D eigenvalue weighted by Crippen LogP contribution is -2.23. The Morgan fingerprint density at radius 1 is 1.33 bits per heavy atom. The maximum absolute atomic E-state index is 10.6. The van der Waals surface area contributed by atoms with Crippen molar-refractivity contribution in [2.24, 2.45) is 0 Å². The average molecular weight is 320 g/mol. The number of thiazole rings is 1. The molecule has 0 fully saturated rings. The van der Waals surface area contributed by atoms with Crippen molar-refractivity contribution in [3.8, 4) is 0 Å². The summed E-state index contributed by atoms with van der Waals surface area (Å²) in [6, 6.07) is 3.88. The Morgan fingerprint density at radius 2 is 2.19 bits per heavy atom. The zero-order chi connectivity index (χ0) is 14.9. The quantitative estimate of drug-likeness (QED) is 0.785. The van der Waals surface area contributed by atoms with Crippen LogP contribution in [0.15, 0.2) is 29.1 Å². The first kappa shape index (κ1) is 14.4. The van der Waals surface area contributed by atoms with Gasteiger partial charge in [0.1, 0.15) is 5.60 Å². The predicted octanol–water partition coefficient (Wildman–Crippen LogP) is 2.60. The third-order valence-electron chi connectivity index (χ3n) is 3.15. The van der Waals surface area contributed by atoms with Crippen molar-refractivity contribution in [3.05, 3.63) is 50.4 Å². The second kappa shape index (κ2) is 5.67. The highest BCUT2D eigenvalue weighted by molar-refractivity contribution is 7.10. The summed E-state index contributed by atoms with van der Waals surface area (Å²) in [5.41, 5.74) is 0.853. The molecule has 1 N–H and O–H groups in total. The van der Waals surface area contributed by atoms with Gasteiger partial charge >= 0.3 is 0 Å². The van der Waals surface area contributed by atoms with Crippen LogP contribution in [-0.4, -0.2) is 25.1 Å². The zero-order valence-corrected chi connectivity index (χ0v) is 13.5. The Labute approximate surface area is 130 Å². The van der Waals surface area contributed by atoms with E-state index in [1.807, 2.05) is 42.9 Å². The van der Waals surface area contributed by atoms with Crippen molar-refractivity contribution >= 4 is 22.7 Å². The number of aromatic nitrogens is 4. The van der Waals surface area contributed by atoms with Crippen LogP contribution in [0.5, 0.6) is 0 Å². The number of aliphatic hydroxyl groups is 1. The second-order valence-electron chi connectivity index (χ2n) is 5.19. The maximum Gasteiger partial charge on any atom is 0.102 e. The first-order chi connectivity index (χ1) is 10.0. The highest BCUT2D eigenvalue weighted by Gasteiger charge is 2.26. The van der Waals surface area contributed by atoms with Crippen LogP contribution in [0.2, 0.25) is 0 Å². The van der Waals surface area contributed by atoms with Crippen molar-refractivity contribution in [2.75, 3.05) is 0 Å². The zero-order valence-electron chi connectivity index (χ0n) is 11.9. The van der Waals surface area contributed by atoms with Crippen molar-refractivity contribution in [3.63, 3.8) is 0 Å². The van der Waals surface area contributed by atoms with E-state index in [4.69, 9.17) is 0 Å². The van der Waals surface area contributed by atoms with Crippen molar-refractivity contribution in [1.29, 1.82) is 0 Å². The lowest BCUT2D eigenvalue weighted by atomic mass is 9.99. The summed E-state index contributed by atoms with van der Waals surface area (Å²) >= 11 is 3.18. The van der Waals surface area contributed by atoms with Crippen LogP contribution >= 0.6 is 22.7 Å². The molecule has 5 nitrogen and oxygen atoms in total. The fourth-order valence-corrected chi connectivity index (χ4v) is 3.56. The van der Waals surface area contributed by atoms with Crippen LogP contribution in [0.4, 0.5) is 0 Å². The Hall–Kier alpha value is -1.57. The Balaban J connectivity index is 1.70. The van der Waals surface area contributed by atoms with Gasteiger partial charge in [-0.3, -0.25) is 0 Å². The maximum atomic E-state index is 10.6. The number of hydrogen-bond donors (Lipinski definition) is 1. The van der Waals surface area contributed by atoms with E-state index in [0.29, 0.717) is 13.0 Å². The van der Waals surface area contributed by atoms with Gasteiger partial charge in [0.05, 0.1) is 22.9 Å². The number of aryl methyl sites for hydroxylation is 1. The molecule has 0 aliphatic rings. The van der Waals surface area contributed by atoms with Crippen LogP contribution < -0.4 is 0 Å². The topological polar surface area (TPSA) is 63.8 Å². The molecule has 0 saturated heterocycles. The van der Waals surface area contributed by atoms with E-state index >= 15 is 0 Å². The van der Waals surface area contributed by atoms with Crippen molar-refractivity contribution in [1.82, 2.24) is 20.0 Å². The molecular weight excluding hydrogens is 304 g/mol. The van der Waals surface area contributed by atoms with Gasteiger partial charge < -0.3 is 5.11 Å². The van der Waals surface area contributed by atoms with Gasteiger partial charge in [0.25, 0.3) is 0 Å². The van der Waals surface area contributed by atoms with E-state index in [0.717, 1.165) is 21.3 Å². The molecule has 1 atom stereocenters. The van der Waals surface area contributed by atoms with Crippen molar-refractivity contribution in [2.45, 2.75) is 32.4 Å². The summed E-state index contributed by atoms with van der Waals surface area (Å²) in [5, 5.41) is 23.8. The van der Waals surface area contributed by atoms with Gasteiger partial charge in [-0.1, -0.05) is 11.3 Å². The molecular formula is C14H16N4OS2. The first-order valence-electron chi connectivity index (χ1n) is 6.59. The van der Waals surface area contributed by atoms with Gasteiger partial charge in [0.2, 0.25) is 0 Å². The monoisotopic (exact) mass is 320 g/mol. The molecule has 0 aliphatic carbocycles. The molecule has 1 unspecified atom stereocenters. The Bertz CT molecular complexity index is 715. The molecule has 3 aromatic rings. The molecule has 0 spiro atoms. The summed E-state index contributed by atoms with van der Waals surface area (Å²) in [4.78, 5) is 5.35. The minimum Gasteiger partial charge on any atom is -0.384 e. The van der Waals surface area contributed by atoms with Gasteiger partial charge in [-0.15, -0.1) is 27.8 Å². The van der Waals surface area contributed by atoms with Crippen LogP contribution in [0.3, 0.4) is 0 Å². The first-order valence-corrected chi connectivity index (χ1v) is 8.35. The molecule has 0 bridgehead atoms. The number of thiophene rings is 1. The minimum atomic E-state index is -0.910. The molecule has 0 radical (unpaired) electrons. The standard InChI is InChI=1S/C14H16N4OS2/c1-10-15-12(9-21-10)8-18-7-11(16-17-18)6-14(2,19)13-4-3-5-20-13/h3-5,7,9,19H,6,8H2,1-2H3. The molecule has 3 rings (SSSR count). The van der Waals surface area contributed by atoms with E-state index in [-0.39, 0.29) is 0 Å². The number of rotatable bonds is 5. The summed E-state index contributed by atoms with van der Waals surface area (Å²) in [6.07, 6.45) is 2.32. The van der Waals surface area contributed by atoms with Crippen LogP contribution in [0.25, 0.3) is 0 Å². The second-order valence-corrected chi connectivity index (χ2v) is 7.20. The van der Waals surface area contributed by atoms with Crippen LogP contribution in [0.1, 0.15) is 28.2 Å². The van der Waals surface area contributed by atoms with E-state index in [2.05, 4.69) is 15.3 Å². The molecule has 7 heteroatoms. The average Bonchev–Trinajstić information content (AvgIpc) is 3.12. The lowest BCUT2D eigenvalue weighted by molar-refractivity contribution is 0.0604. The summed E-state index contributed by atoms with van der Waals surface area (Å²) in [5.74, 6) is 0. The molecule has 0 aromatic carbocycles. The highest BCUT2D eigenvalue weighted by atomic mass is 32.1. The molecule has 0 saturated carbocycles. The minimum absolute atomic E-state index is 0.448. The van der Waals surface area contributed by atoms with Gasteiger partial charge in [0, 0.05) is 22.9 Å². The van der Waals surface area contributed by atoms with E-state index in [1.54, 1.807) is 27.4 Å². The normalized spacial score (nSPS) is 14.2. The van der Waals surface area contributed by atoms with E-state index in [9.17, 15) is 5.11 Å². The molecule has 21 heavy (non-hydrogen) atoms. The molecule has 3 aromatic heterocycles. The number of nitrogens with zero attached hydrogens (tertiary/aromatic N) is 4. The predicted molar refractivity (Wildman–Crippen MR) is 83.6 cm³/mol. The fourth-order valence-electron chi connectivity index (χ4n) is 2.17. The van der Waals surface area contributed by atoms with Gasteiger partial charge in [-0.2, -0.15) is 0 Å². The Kier molecular flexibility index (Phi) is 3.88. The van der Waals surface area contributed by atoms with Crippen LogP contribution in [0, 0.1) is 6.92 Å². The summed E-state index contributed by atoms with van der Waals surface area (Å²) < 4.78 is 1.76. The summed E-state index contributed by atoms with van der Waals surface area (Å²) in [6.45, 7) is 4.40. The molecule has 3 heterocycles. The van der Waals surface area contributed by atoms with Gasteiger partial charge in [-0.05, 0) is 25.3 Å². The van der Waals surface area contributed by atoms with E-state index in [1.165, 1.54) is 0 Å². The SMILES string of the molecule is Cc1nc(Cn2cc(CC(C)(O)c3cccs3)nn2)cs1. The third-order valence-corrected chi connectivity index (χ3v) is 5.10. The molecule has 0 aliphatic heterocycles. The van der Waals surface area contributed by atoms with Gasteiger partial charge in [-0.25, -0.2) is 9.67 Å². The lowest BCUT2D eigenvalue weighted by Gasteiger charge is -2.20. The van der Waals surface area contributed by atoms with E-state index < -0.39 is 5.60 Å². The molecule has 110 valence electrons. The fraction of sp³-hybridized carbons (Fsp3) is 0.357. The number of hydrogen-bond acceptors (Lipinski definition) is 6.